The summed E-state index contributed by atoms with van der Waals surface area (Å²) < 4.78 is 27.0. The van der Waals surface area contributed by atoms with E-state index < -0.39 is 23.7 Å². The van der Waals surface area contributed by atoms with Gasteiger partial charge in [-0.05, 0) is 61.7 Å². The van der Waals surface area contributed by atoms with E-state index in [-0.39, 0.29) is 18.5 Å². The Bertz CT molecular complexity index is 1330. The van der Waals surface area contributed by atoms with E-state index in [4.69, 9.17) is 14.6 Å². The number of aryl methyl sites for hydroxylation is 2. The molecule has 2 atom stereocenters. The second-order valence-corrected chi connectivity index (χ2v) is 9.43. The maximum absolute atomic E-state index is 11.9. The number of aliphatic hydroxyl groups excluding tert-OH is 2. The minimum absolute atomic E-state index is 0.0900. The van der Waals surface area contributed by atoms with E-state index in [0.717, 1.165) is 33.6 Å². The molecule has 36 heavy (non-hydrogen) atoms. The first kappa shape index (κ1) is 25.5. The van der Waals surface area contributed by atoms with Crippen molar-refractivity contribution in [2.45, 2.75) is 33.5 Å². The predicted molar refractivity (Wildman–Crippen MR) is 135 cm³/mol. The summed E-state index contributed by atoms with van der Waals surface area (Å²) in [5.41, 5.74) is 6.10. The van der Waals surface area contributed by atoms with E-state index in [2.05, 4.69) is 14.3 Å². The third kappa shape index (κ3) is 5.63. The number of aromatic hydroxyl groups is 1. The third-order valence-electron chi connectivity index (χ3n) is 5.74. The van der Waals surface area contributed by atoms with E-state index in [1.54, 1.807) is 24.3 Å². The van der Waals surface area contributed by atoms with Gasteiger partial charge in [0.1, 0.15) is 25.1 Å². The number of nitrogens with zero attached hydrogens (tertiary/aromatic N) is 3. The van der Waals surface area contributed by atoms with E-state index in [9.17, 15) is 14.8 Å². The highest BCUT2D eigenvalue weighted by atomic mass is 32.2. The first-order valence-corrected chi connectivity index (χ1v) is 12.4. The number of aliphatic hydroxyl groups is 2. The summed E-state index contributed by atoms with van der Waals surface area (Å²) in [7, 11) is -1.60. The molecule has 1 unspecified atom stereocenters. The van der Waals surface area contributed by atoms with Crippen molar-refractivity contribution in [2.75, 3.05) is 13.2 Å². The molecule has 0 radical (unpaired) electrons. The lowest BCUT2D eigenvalue weighted by molar-refractivity contribution is 0.0503. The van der Waals surface area contributed by atoms with Gasteiger partial charge in [-0.25, -0.2) is 0 Å². The van der Waals surface area contributed by atoms with Crippen LogP contribution in [-0.4, -0.2) is 53.5 Å². The number of rotatable bonds is 9. The van der Waals surface area contributed by atoms with Crippen molar-refractivity contribution in [3.63, 3.8) is 0 Å². The lowest BCUT2D eigenvalue weighted by atomic mass is 9.95. The van der Waals surface area contributed by atoms with Crippen molar-refractivity contribution in [1.82, 2.24) is 14.3 Å². The Labute approximate surface area is 211 Å². The maximum Gasteiger partial charge on any atom is 0.316 e. The molecular weight excluding hydrogens is 482 g/mol. The molecule has 0 fully saturated rings. The van der Waals surface area contributed by atoms with Gasteiger partial charge in [0.15, 0.2) is 0 Å². The van der Waals surface area contributed by atoms with Gasteiger partial charge in [0.2, 0.25) is 4.88 Å². The zero-order valence-electron chi connectivity index (χ0n) is 20.1. The van der Waals surface area contributed by atoms with Gasteiger partial charge in [-0.2, -0.15) is 9.97 Å². The molecule has 9 nitrogen and oxygen atoms in total. The molecule has 4 aromatic rings. The summed E-state index contributed by atoms with van der Waals surface area (Å²) >= 11 is 0. The topological polar surface area (TPSA) is 141 Å². The van der Waals surface area contributed by atoms with Crippen molar-refractivity contribution < 1.29 is 29.3 Å². The average molecular weight is 510 g/mol. The summed E-state index contributed by atoms with van der Waals surface area (Å²) in [6.07, 6.45) is -0.991. The second kappa shape index (κ2) is 11.0. The molecule has 0 aliphatic heterocycles. The summed E-state index contributed by atoms with van der Waals surface area (Å²) in [4.78, 5) is 9.30. The molecule has 0 bridgehead atoms. The zero-order chi connectivity index (χ0) is 25.8. The van der Waals surface area contributed by atoms with Crippen LogP contribution < -0.4 is 9.47 Å². The Kier molecular flexibility index (Phi) is 7.80. The average Bonchev–Trinajstić information content (AvgIpc) is 3.20. The van der Waals surface area contributed by atoms with Crippen LogP contribution >= 0.6 is 10.9 Å². The molecule has 10 heteroatoms. The first-order chi connectivity index (χ1) is 17.3. The van der Waals surface area contributed by atoms with Crippen LogP contribution in [0.25, 0.3) is 21.6 Å². The summed E-state index contributed by atoms with van der Waals surface area (Å²) in [6.45, 7) is 5.63. The lowest BCUT2D eigenvalue weighted by Gasteiger charge is -2.16. The summed E-state index contributed by atoms with van der Waals surface area (Å²) in [5.74, 6) is 0.415. The van der Waals surface area contributed by atoms with Crippen LogP contribution in [0.2, 0.25) is 0 Å². The van der Waals surface area contributed by atoms with Crippen LogP contribution in [0.1, 0.15) is 22.5 Å². The van der Waals surface area contributed by atoms with Crippen LogP contribution in [-0.2, 0) is 6.61 Å². The Morgan fingerprint density at radius 2 is 1.69 bits per heavy atom. The van der Waals surface area contributed by atoms with E-state index in [0.29, 0.717) is 22.8 Å². The number of hydrogen-bond donors (Lipinski definition) is 3. The van der Waals surface area contributed by atoms with E-state index in [1.165, 1.54) is 6.07 Å². The van der Waals surface area contributed by atoms with Crippen LogP contribution in [0.3, 0.4) is 0 Å². The highest BCUT2D eigenvalue weighted by molar-refractivity contribution is 7.23. The SMILES string of the molecule is Cc1nc(OC[C@H](O)CO)nc(C)c1-c1cccc(COc2ccc(-c3cc(O)n[s+]3[O-])cc2)c1C. The molecule has 0 spiro atoms. The standard InChI is InChI=1S/C26H27N3O6S/c1-15-19(13-34-21-9-7-18(8-10-21)23-11-24(32)29-36(23)33)5-4-6-22(15)25-16(2)27-26(28-17(25)3)35-14-20(31)12-30/h4-11,20,30-31H,12-14H2,1-3H3,(H,29,32)/t20-,36?/m1/s1. The van der Waals surface area contributed by atoms with Gasteiger partial charge in [0, 0.05) is 15.5 Å². The molecule has 188 valence electrons. The second-order valence-electron chi connectivity index (χ2n) is 8.31. The maximum atomic E-state index is 11.9. The molecule has 2 heterocycles. The van der Waals surface area contributed by atoms with Gasteiger partial charge in [-0.3, -0.25) is 0 Å². The molecule has 2 aromatic carbocycles. The Balaban J connectivity index is 1.50. The van der Waals surface area contributed by atoms with Crippen LogP contribution in [0.4, 0.5) is 0 Å². The van der Waals surface area contributed by atoms with E-state index in [1.807, 2.05) is 39.0 Å². The van der Waals surface area contributed by atoms with E-state index >= 15 is 0 Å². The lowest BCUT2D eigenvalue weighted by Crippen LogP contribution is -2.22. The third-order valence-corrected chi connectivity index (χ3v) is 6.82. The molecule has 0 saturated heterocycles. The number of ether oxygens (including phenoxy) is 2. The fraction of sp³-hybridized carbons (Fsp3) is 0.269. The van der Waals surface area contributed by atoms with Crippen LogP contribution in [0.15, 0.2) is 48.5 Å². The minimum atomic E-state index is -1.60. The predicted octanol–water partition coefficient (Wildman–Crippen LogP) is 3.88. The molecule has 0 aliphatic carbocycles. The summed E-state index contributed by atoms with van der Waals surface area (Å²) in [5, 5.41) is 27.9. The van der Waals surface area contributed by atoms with Crippen molar-refractivity contribution in [2.24, 2.45) is 0 Å². The number of benzene rings is 2. The first-order valence-electron chi connectivity index (χ1n) is 11.3. The van der Waals surface area contributed by atoms with Gasteiger partial charge in [0.25, 0.3) is 5.88 Å². The van der Waals surface area contributed by atoms with Gasteiger partial charge >= 0.3 is 6.01 Å². The fourth-order valence-corrected chi connectivity index (χ4v) is 4.73. The molecular formula is C26H27N3O6S. The van der Waals surface area contributed by atoms with Crippen molar-refractivity contribution in [3.8, 4) is 39.2 Å². The highest BCUT2D eigenvalue weighted by Crippen LogP contribution is 2.35. The van der Waals surface area contributed by atoms with Crippen LogP contribution in [0.5, 0.6) is 17.6 Å². The Hall–Kier alpha value is -3.57. The van der Waals surface area contributed by atoms with Crippen molar-refractivity contribution in [1.29, 1.82) is 0 Å². The minimum Gasteiger partial charge on any atom is -0.568 e. The number of hydrogen-bond acceptors (Lipinski definition) is 9. The molecule has 4 rings (SSSR count). The molecule has 2 aromatic heterocycles. The Morgan fingerprint density at radius 3 is 2.31 bits per heavy atom. The fourth-order valence-electron chi connectivity index (χ4n) is 3.86. The van der Waals surface area contributed by atoms with Crippen LogP contribution in [0, 0.1) is 20.8 Å². The smallest absolute Gasteiger partial charge is 0.316 e. The van der Waals surface area contributed by atoms with Gasteiger partial charge in [-0.15, -0.1) is 0 Å². The Morgan fingerprint density at radius 1 is 1.00 bits per heavy atom. The van der Waals surface area contributed by atoms with Crippen molar-refractivity contribution >= 4 is 10.9 Å². The quantitative estimate of drug-likeness (QED) is 0.287. The summed E-state index contributed by atoms with van der Waals surface area (Å²) in [6, 6.07) is 14.7. The molecule has 0 aliphatic rings. The van der Waals surface area contributed by atoms with Crippen molar-refractivity contribution in [3.05, 3.63) is 71.0 Å². The monoisotopic (exact) mass is 509 g/mol. The molecule has 0 amide bonds. The van der Waals surface area contributed by atoms with Gasteiger partial charge < -0.3 is 29.3 Å². The van der Waals surface area contributed by atoms with Gasteiger partial charge in [0.05, 0.1) is 35.0 Å². The molecule has 3 N–H and O–H groups in total. The highest BCUT2D eigenvalue weighted by Gasteiger charge is 2.17. The largest absolute Gasteiger partial charge is 0.568 e. The molecule has 0 saturated carbocycles. The zero-order valence-corrected chi connectivity index (χ0v) is 21.0. The normalized spacial score (nSPS) is 12.4. The van der Waals surface area contributed by atoms with Gasteiger partial charge in [-0.1, -0.05) is 18.2 Å². The number of aromatic nitrogens is 3.